The number of allylic oxidation sites excluding steroid dienone is 1. The Morgan fingerprint density at radius 3 is 2.69 bits per heavy atom. The number of aromatic amines is 1. The lowest BCUT2D eigenvalue weighted by Crippen LogP contribution is -2.40. The van der Waals surface area contributed by atoms with Gasteiger partial charge in [0.25, 0.3) is 5.91 Å². The van der Waals surface area contributed by atoms with Crippen molar-refractivity contribution in [2.45, 2.75) is 37.8 Å². The lowest BCUT2D eigenvalue weighted by Gasteiger charge is -2.34. The first-order chi connectivity index (χ1) is 23.3. The molecule has 0 aliphatic carbocycles. The van der Waals surface area contributed by atoms with Gasteiger partial charge in [-0.05, 0) is 73.8 Å². The van der Waals surface area contributed by atoms with E-state index < -0.39 is 0 Å². The fourth-order valence-electron chi connectivity index (χ4n) is 6.45. The van der Waals surface area contributed by atoms with Crippen LogP contribution < -0.4 is 10.1 Å². The maximum absolute atomic E-state index is 13.9. The molecule has 1 aliphatic rings. The Bertz CT molecular complexity index is 1870. The molecule has 250 valence electrons. The normalized spacial score (nSPS) is 14.6. The summed E-state index contributed by atoms with van der Waals surface area (Å²) in [6.07, 6.45) is 6.39. The topological polar surface area (TPSA) is 104 Å². The number of hydrogen-bond acceptors (Lipinski definition) is 7. The summed E-state index contributed by atoms with van der Waals surface area (Å²) in [5, 5.41) is 15.4. The number of methoxy groups -OCH3 is 1. The van der Waals surface area contributed by atoms with Gasteiger partial charge in [-0.2, -0.15) is 15.4 Å². The number of carbonyl (C=O) groups excluding carboxylic acids is 1. The van der Waals surface area contributed by atoms with E-state index in [1.165, 1.54) is 0 Å². The van der Waals surface area contributed by atoms with E-state index in [-0.39, 0.29) is 11.8 Å². The molecule has 1 unspecified atom stereocenters. The average Bonchev–Trinajstić information content (AvgIpc) is 3.77. The molecule has 0 saturated carbocycles. The van der Waals surface area contributed by atoms with E-state index in [2.05, 4.69) is 42.8 Å². The van der Waals surface area contributed by atoms with Crippen LogP contribution in [0.3, 0.4) is 0 Å². The van der Waals surface area contributed by atoms with Gasteiger partial charge in [-0.15, -0.1) is 6.58 Å². The van der Waals surface area contributed by atoms with Crippen LogP contribution in [0, 0.1) is 0 Å². The lowest BCUT2D eigenvalue weighted by molar-refractivity contribution is 0.0778. The first kappa shape index (κ1) is 33.5. The molecule has 10 nitrogen and oxygen atoms in total. The molecular formula is C36H40Cl2N8O2. The number of imidazole rings is 1. The smallest absolute Gasteiger partial charge is 0.257 e. The Labute approximate surface area is 290 Å². The first-order valence-corrected chi connectivity index (χ1v) is 16.9. The lowest BCUT2D eigenvalue weighted by atomic mass is 9.93. The molecule has 0 spiro atoms. The number of nitrogens with one attached hydrogen (secondary N) is 2. The van der Waals surface area contributed by atoms with Gasteiger partial charge in [0, 0.05) is 50.7 Å². The van der Waals surface area contributed by atoms with E-state index in [0.29, 0.717) is 46.2 Å². The third kappa shape index (κ3) is 7.51. The Kier molecular flexibility index (Phi) is 10.6. The number of piperidine rings is 1. The number of aromatic nitrogens is 5. The van der Waals surface area contributed by atoms with Crippen molar-refractivity contribution < 1.29 is 9.53 Å². The van der Waals surface area contributed by atoms with Gasteiger partial charge < -0.3 is 24.4 Å². The highest BCUT2D eigenvalue weighted by Gasteiger charge is 2.25. The van der Waals surface area contributed by atoms with E-state index in [9.17, 15) is 4.79 Å². The number of ether oxygens (including phenoxy) is 1. The van der Waals surface area contributed by atoms with Crippen LogP contribution in [-0.4, -0.2) is 87.0 Å². The third-order valence-corrected chi connectivity index (χ3v) is 9.82. The van der Waals surface area contributed by atoms with E-state index >= 15 is 0 Å². The minimum Gasteiger partial charge on any atom is -0.496 e. The number of benzene rings is 3. The molecule has 3 heterocycles. The molecule has 5 aromatic rings. The van der Waals surface area contributed by atoms with Gasteiger partial charge in [0.1, 0.15) is 11.4 Å². The maximum Gasteiger partial charge on any atom is 0.257 e. The molecule has 6 rings (SSSR count). The minimum absolute atomic E-state index is 0.0353. The maximum atomic E-state index is 13.9. The summed E-state index contributed by atoms with van der Waals surface area (Å²) < 4.78 is 7.76. The summed E-state index contributed by atoms with van der Waals surface area (Å²) in [5.41, 5.74) is 5.03. The Morgan fingerprint density at radius 1 is 1.15 bits per heavy atom. The first-order valence-electron chi connectivity index (χ1n) is 16.1. The Morgan fingerprint density at radius 2 is 1.96 bits per heavy atom. The summed E-state index contributed by atoms with van der Waals surface area (Å²) >= 11 is 12.8. The number of rotatable bonds is 13. The molecule has 0 radical (unpaired) electrons. The van der Waals surface area contributed by atoms with Crippen LogP contribution in [-0.2, 0) is 6.54 Å². The van der Waals surface area contributed by atoms with Crippen LogP contribution in [0.25, 0.3) is 22.3 Å². The van der Waals surface area contributed by atoms with Gasteiger partial charge in [-0.25, -0.2) is 4.98 Å². The molecule has 3 aromatic carbocycles. The molecular weight excluding hydrogens is 647 g/mol. The van der Waals surface area contributed by atoms with Crippen LogP contribution in [0.1, 0.15) is 41.1 Å². The number of hydrogen-bond donors (Lipinski definition) is 2. The largest absolute Gasteiger partial charge is 0.496 e. The summed E-state index contributed by atoms with van der Waals surface area (Å²) in [5.74, 6) is 1.29. The second kappa shape index (κ2) is 15.2. The number of fused-ring (bicyclic) bond motifs is 1. The van der Waals surface area contributed by atoms with Gasteiger partial charge in [0.05, 0.1) is 39.9 Å². The molecule has 2 N–H and O–H groups in total. The van der Waals surface area contributed by atoms with E-state index in [0.717, 1.165) is 67.0 Å². The molecule has 1 amide bonds. The molecule has 1 aliphatic heterocycles. The van der Waals surface area contributed by atoms with E-state index in [1.54, 1.807) is 30.3 Å². The zero-order valence-corrected chi connectivity index (χ0v) is 28.7. The van der Waals surface area contributed by atoms with Gasteiger partial charge in [0.2, 0.25) is 5.95 Å². The monoisotopic (exact) mass is 686 g/mol. The molecule has 12 heteroatoms. The Hall–Kier alpha value is -4.38. The van der Waals surface area contributed by atoms with Crippen molar-refractivity contribution >= 4 is 46.1 Å². The SMILES string of the molecule is C=CCn1c(NC2CCN(CCC(CN(C)C(=O)c3cc(-c4cn[nH]n4)ccc3OC)c3ccc(Cl)c(Cl)c3)CC2)nc2ccccc21. The number of carbonyl (C=O) groups is 1. The van der Waals surface area contributed by atoms with Crippen LogP contribution in [0.4, 0.5) is 5.95 Å². The quantitative estimate of drug-likeness (QED) is 0.127. The average molecular weight is 688 g/mol. The third-order valence-electron chi connectivity index (χ3n) is 9.08. The number of H-pyrrole nitrogens is 1. The standard InChI is InChI=1S/C36H40Cl2N8O2/c1-4-16-46-33-8-6-5-7-31(33)41-36(46)40-27-14-18-45(19-15-27)17-13-26(24-9-11-29(37)30(38)21-24)23-44(2)35(47)28-20-25(10-12-34(28)48-3)32-22-39-43-42-32/h4-12,20-22,26-27H,1,13-19,23H2,2-3H3,(H,40,41)(H,39,42,43). The predicted octanol–water partition coefficient (Wildman–Crippen LogP) is 7.15. The summed E-state index contributed by atoms with van der Waals surface area (Å²) in [6, 6.07) is 19.7. The summed E-state index contributed by atoms with van der Waals surface area (Å²) in [6.45, 7) is 7.96. The van der Waals surface area contributed by atoms with Gasteiger partial charge in [-0.3, -0.25) is 4.79 Å². The molecule has 1 atom stereocenters. The fraction of sp³-hybridized carbons (Fsp3) is 0.333. The number of anilines is 1. The zero-order chi connectivity index (χ0) is 33.6. The van der Waals surface area contributed by atoms with E-state index in [4.69, 9.17) is 32.9 Å². The van der Waals surface area contributed by atoms with Crippen molar-refractivity contribution in [1.29, 1.82) is 0 Å². The predicted molar refractivity (Wildman–Crippen MR) is 192 cm³/mol. The van der Waals surface area contributed by atoms with Crippen molar-refractivity contribution in [2.24, 2.45) is 0 Å². The second-order valence-electron chi connectivity index (χ2n) is 12.2. The van der Waals surface area contributed by atoms with Crippen molar-refractivity contribution in [2.75, 3.05) is 45.7 Å². The summed E-state index contributed by atoms with van der Waals surface area (Å²) in [7, 11) is 3.39. The van der Waals surface area contributed by atoms with Crippen LogP contribution in [0.2, 0.25) is 10.0 Å². The molecule has 2 aromatic heterocycles. The number of para-hydroxylation sites is 2. The summed E-state index contributed by atoms with van der Waals surface area (Å²) in [4.78, 5) is 23.0. The number of nitrogens with zero attached hydrogens (tertiary/aromatic N) is 6. The zero-order valence-electron chi connectivity index (χ0n) is 27.2. The fourth-order valence-corrected chi connectivity index (χ4v) is 6.75. The van der Waals surface area contributed by atoms with Crippen molar-refractivity contribution in [3.05, 3.63) is 101 Å². The van der Waals surface area contributed by atoms with Crippen molar-refractivity contribution in [1.82, 2.24) is 34.8 Å². The van der Waals surface area contributed by atoms with Gasteiger partial charge in [-0.1, -0.05) is 47.5 Å². The highest BCUT2D eigenvalue weighted by molar-refractivity contribution is 6.42. The minimum atomic E-state index is -0.142. The van der Waals surface area contributed by atoms with Crippen LogP contribution >= 0.6 is 23.2 Å². The van der Waals surface area contributed by atoms with Crippen LogP contribution in [0.5, 0.6) is 5.75 Å². The number of likely N-dealkylation sites (N-methyl/N-ethyl adjacent to an activating group) is 1. The Balaban J connectivity index is 1.12. The van der Waals surface area contributed by atoms with Crippen LogP contribution in [0.15, 0.2) is 79.5 Å². The molecule has 1 fully saturated rings. The van der Waals surface area contributed by atoms with Gasteiger partial charge in [0.15, 0.2) is 0 Å². The molecule has 0 bridgehead atoms. The van der Waals surface area contributed by atoms with Crippen molar-refractivity contribution in [3.8, 4) is 17.0 Å². The molecule has 48 heavy (non-hydrogen) atoms. The number of likely N-dealkylation sites (tertiary alicyclic amines) is 1. The highest BCUT2D eigenvalue weighted by Crippen LogP contribution is 2.31. The number of amides is 1. The van der Waals surface area contributed by atoms with Gasteiger partial charge >= 0.3 is 0 Å². The second-order valence-corrected chi connectivity index (χ2v) is 13.0. The molecule has 1 saturated heterocycles. The van der Waals surface area contributed by atoms with E-state index in [1.807, 2.05) is 55.6 Å². The van der Waals surface area contributed by atoms with Crippen molar-refractivity contribution in [3.63, 3.8) is 0 Å². The highest BCUT2D eigenvalue weighted by atomic mass is 35.5. The number of halogens is 2.